The molecule has 0 aliphatic carbocycles. The topological polar surface area (TPSA) is 38.3 Å². The second-order valence-corrected chi connectivity index (χ2v) is 3.00. The van der Waals surface area contributed by atoms with E-state index >= 15 is 0 Å². The standard InChI is InChI=1S/C10H11NO2/c12-7-10-11-6-9(13-10)8-4-2-1-3-5-8/h1-5,7,9-11H,6H2/t9-,10?/m0/s1. The summed E-state index contributed by atoms with van der Waals surface area (Å²) >= 11 is 0. The average Bonchev–Trinajstić information content (AvgIpc) is 2.67. The molecule has 0 amide bonds. The molecule has 1 aliphatic heterocycles. The lowest BCUT2D eigenvalue weighted by Gasteiger charge is -2.08. The summed E-state index contributed by atoms with van der Waals surface area (Å²) in [5, 5.41) is 2.96. The van der Waals surface area contributed by atoms with Gasteiger partial charge in [0.2, 0.25) is 0 Å². The van der Waals surface area contributed by atoms with E-state index in [4.69, 9.17) is 4.74 Å². The van der Waals surface area contributed by atoms with Gasteiger partial charge < -0.3 is 4.74 Å². The van der Waals surface area contributed by atoms with Crippen molar-refractivity contribution in [3.63, 3.8) is 0 Å². The minimum Gasteiger partial charge on any atom is -0.347 e. The minimum atomic E-state index is -0.440. The largest absolute Gasteiger partial charge is 0.347 e. The number of rotatable bonds is 2. The zero-order valence-corrected chi connectivity index (χ0v) is 7.14. The highest BCUT2D eigenvalue weighted by atomic mass is 16.5. The van der Waals surface area contributed by atoms with E-state index in [-0.39, 0.29) is 6.10 Å². The van der Waals surface area contributed by atoms with Gasteiger partial charge in [-0.15, -0.1) is 0 Å². The Hall–Kier alpha value is -1.19. The predicted octanol–water partition coefficient (Wildman–Crippen LogP) is 0.872. The van der Waals surface area contributed by atoms with Gasteiger partial charge in [0, 0.05) is 6.54 Å². The zero-order valence-electron chi connectivity index (χ0n) is 7.14. The van der Waals surface area contributed by atoms with Crippen molar-refractivity contribution in [2.75, 3.05) is 6.54 Å². The van der Waals surface area contributed by atoms with Crippen molar-refractivity contribution in [1.82, 2.24) is 5.32 Å². The van der Waals surface area contributed by atoms with Crippen LogP contribution < -0.4 is 5.32 Å². The van der Waals surface area contributed by atoms with E-state index in [9.17, 15) is 4.79 Å². The Balaban J connectivity index is 2.08. The molecule has 0 spiro atoms. The number of carbonyl (C=O) groups is 1. The fourth-order valence-corrected chi connectivity index (χ4v) is 1.44. The van der Waals surface area contributed by atoms with E-state index in [2.05, 4.69) is 5.32 Å². The Labute approximate surface area is 76.7 Å². The molecular formula is C10H11NO2. The van der Waals surface area contributed by atoms with Crippen LogP contribution >= 0.6 is 0 Å². The molecule has 0 aromatic heterocycles. The maximum atomic E-state index is 10.4. The number of nitrogens with one attached hydrogen (secondary N) is 1. The van der Waals surface area contributed by atoms with Crippen LogP contribution in [0.3, 0.4) is 0 Å². The third-order valence-corrected chi connectivity index (χ3v) is 2.11. The molecule has 2 atom stereocenters. The van der Waals surface area contributed by atoms with Gasteiger partial charge in [-0.1, -0.05) is 30.3 Å². The number of hydrogen-bond donors (Lipinski definition) is 1. The summed E-state index contributed by atoms with van der Waals surface area (Å²) in [4.78, 5) is 10.4. The highest BCUT2D eigenvalue weighted by molar-refractivity contribution is 5.55. The molecule has 3 heteroatoms. The van der Waals surface area contributed by atoms with E-state index in [1.54, 1.807) is 0 Å². The van der Waals surface area contributed by atoms with Crippen molar-refractivity contribution < 1.29 is 9.53 Å². The van der Waals surface area contributed by atoms with Gasteiger partial charge in [0.15, 0.2) is 12.5 Å². The maximum absolute atomic E-state index is 10.4. The number of aldehydes is 1. The third kappa shape index (κ3) is 1.76. The first kappa shape index (κ1) is 8.41. The molecule has 0 saturated carbocycles. The van der Waals surface area contributed by atoms with E-state index in [0.29, 0.717) is 6.54 Å². The van der Waals surface area contributed by atoms with Crippen LogP contribution in [0.2, 0.25) is 0 Å². The summed E-state index contributed by atoms with van der Waals surface area (Å²) in [6.07, 6.45) is 0.352. The zero-order chi connectivity index (χ0) is 9.10. The normalized spacial score (nSPS) is 27.4. The van der Waals surface area contributed by atoms with Crippen molar-refractivity contribution in [3.05, 3.63) is 35.9 Å². The molecule has 2 rings (SSSR count). The van der Waals surface area contributed by atoms with Crippen molar-refractivity contribution in [1.29, 1.82) is 0 Å². The van der Waals surface area contributed by atoms with Gasteiger partial charge >= 0.3 is 0 Å². The van der Waals surface area contributed by atoms with Crippen LogP contribution in [0.1, 0.15) is 11.7 Å². The molecule has 3 nitrogen and oxygen atoms in total. The summed E-state index contributed by atoms with van der Waals surface area (Å²) < 4.78 is 5.42. The molecule has 1 heterocycles. The highest BCUT2D eigenvalue weighted by Gasteiger charge is 2.24. The van der Waals surface area contributed by atoms with E-state index in [1.165, 1.54) is 0 Å². The summed E-state index contributed by atoms with van der Waals surface area (Å²) in [7, 11) is 0. The number of ether oxygens (including phenoxy) is 1. The lowest BCUT2D eigenvalue weighted by molar-refractivity contribution is -0.118. The fraction of sp³-hybridized carbons (Fsp3) is 0.300. The number of benzene rings is 1. The molecule has 1 aliphatic rings. The van der Waals surface area contributed by atoms with Gasteiger partial charge in [-0.2, -0.15) is 0 Å². The first-order valence-electron chi connectivity index (χ1n) is 4.29. The van der Waals surface area contributed by atoms with Crippen LogP contribution in [-0.4, -0.2) is 19.1 Å². The van der Waals surface area contributed by atoms with Crippen LogP contribution in [0.4, 0.5) is 0 Å². The van der Waals surface area contributed by atoms with Crippen molar-refractivity contribution in [2.24, 2.45) is 0 Å². The molecule has 1 N–H and O–H groups in total. The van der Waals surface area contributed by atoms with E-state index in [1.807, 2.05) is 30.3 Å². The summed E-state index contributed by atoms with van der Waals surface area (Å²) in [6.45, 7) is 0.702. The fourth-order valence-electron chi connectivity index (χ4n) is 1.44. The molecule has 0 radical (unpaired) electrons. The molecule has 13 heavy (non-hydrogen) atoms. The Kier molecular flexibility index (Phi) is 2.38. The first-order chi connectivity index (χ1) is 6.40. The monoisotopic (exact) mass is 177 g/mol. The van der Waals surface area contributed by atoms with E-state index < -0.39 is 6.23 Å². The van der Waals surface area contributed by atoms with Gasteiger partial charge in [-0.3, -0.25) is 10.1 Å². The molecule has 1 aromatic rings. The second kappa shape index (κ2) is 3.68. The summed E-state index contributed by atoms with van der Waals surface area (Å²) in [5.41, 5.74) is 1.11. The maximum Gasteiger partial charge on any atom is 0.165 e. The van der Waals surface area contributed by atoms with Crippen LogP contribution in [-0.2, 0) is 9.53 Å². The number of hydrogen-bond acceptors (Lipinski definition) is 3. The van der Waals surface area contributed by atoms with Crippen molar-refractivity contribution >= 4 is 6.29 Å². The molecular weight excluding hydrogens is 166 g/mol. The van der Waals surface area contributed by atoms with Crippen LogP contribution in [0.15, 0.2) is 30.3 Å². The Morgan fingerprint density at radius 2 is 2.15 bits per heavy atom. The average molecular weight is 177 g/mol. The lowest BCUT2D eigenvalue weighted by atomic mass is 10.1. The Bertz CT molecular complexity index is 286. The van der Waals surface area contributed by atoms with Crippen LogP contribution in [0.5, 0.6) is 0 Å². The smallest absolute Gasteiger partial charge is 0.165 e. The third-order valence-electron chi connectivity index (χ3n) is 2.11. The van der Waals surface area contributed by atoms with Crippen molar-refractivity contribution in [3.8, 4) is 0 Å². The van der Waals surface area contributed by atoms with Crippen LogP contribution in [0, 0.1) is 0 Å². The van der Waals surface area contributed by atoms with Gasteiger partial charge in [0.25, 0.3) is 0 Å². The molecule has 1 fully saturated rings. The van der Waals surface area contributed by atoms with Crippen LogP contribution in [0.25, 0.3) is 0 Å². The van der Waals surface area contributed by atoms with Gasteiger partial charge in [-0.25, -0.2) is 0 Å². The highest BCUT2D eigenvalue weighted by Crippen LogP contribution is 2.21. The summed E-state index contributed by atoms with van der Waals surface area (Å²) in [6, 6.07) is 9.89. The van der Waals surface area contributed by atoms with E-state index in [0.717, 1.165) is 11.8 Å². The van der Waals surface area contributed by atoms with Gasteiger partial charge in [-0.05, 0) is 5.56 Å². The summed E-state index contributed by atoms with van der Waals surface area (Å²) in [5.74, 6) is 0. The lowest BCUT2D eigenvalue weighted by Crippen LogP contribution is -2.23. The SMILES string of the molecule is O=CC1NC[C@@H](c2ccccc2)O1. The quantitative estimate of drug-likeness (QED) is 0.681. The predicted molar refractivity (Wildman–Crippen MR) is 48.1 cm³/mol. The van der Waals surface area contributed by atoms with Gasteiger partial charge in [0.1, 0.15) is 0 Å². The molecule has 0 bridgehead atoms. The molecule has 1 aromatic carbocycles. The minimum absolute atomic E-state index is 0.0106. The number of carbonyl (C=O) groups excluding carboxylic acids is 1. The Morgan fingerprint density at radius 3 is 2.77 bits per heavy atom. The Morgan fingerprint density at radius 1 is 1.38 bits per heavy atom. The second-order valence-electron chi connectivity index (χ2n) is 3.00. The van der Waals surface area contributed by atoms with Crippen molar-refractivity contribution in [2.45, 2.75) is 12.3 Å². The molecule has 68 valence electrons. The first-order valence-corrected chi connectivity index (χ1v) is 4.29. The van der Waals surface area contributed by atoms with Gasteiger partial charge in [0.05, 0.1) is 6.10 Å². The molecule has 1 saturated heterocycles. The molecule has 1 unspecified atom stereocenters.